The highest BCUT2D eigenvalue weighted by atomic mass is 15.2. The van der Waals surface area contributed by atoms with Crippen molar-refractivity contribution >= 4 is 0 Å². The third-order valence-electron chi connectivity index (χ3n) is 5.30. The van der Waals surface area contributed by atoms with Crippen molar-refractivity contribution in [3.8, 4) is 11.3 Å². The van der Waals surface area contributed by atoms with Gasteiger partial charge in [-0.2, -0.15) is 5.10 Å². The monoisotopic (exact) mass is 347 g/mol. The van der Waals surface area contributed by atoms with Crippen LogP contribution in [0.15, 0.2) is 61.1 Å². The van der Waals surface area contributed by atoms with E-state index in [0.717, 1.165) is 30.9 Å². The van der Waals surface area contributed by atoms with Crippen molar-refractivity contribution < 1.29 is 0 Å². The standard InChI is InChI=1S/C21H25N5/c1-16(17-6-3-2-4-7-17)26-11-9-20(15-26)23-13-19-14-24-25-21(19)18-8-5-10-22-12-18/h2-8,10,12,14,16,20,23H,9,11,13,15H2,1H3,(H,24,25)/t16-,20+/m1/s1. The van der Waals surface area contributed by atoms with Gasteiger partial charge in [-0.3, -0.25) is 15.0 Å². The Hall–Kier alpha value is -2.50. The normalized spacial score (nSPS) is 18.9. The highest BCUT2D eigenvalue weighted by Gasteiger charge is 2.26. The van der Waals surface area contributed by atoms with Gasteiger partial charge in [0.15, 0.2) is 0 Å². The van der Waals surface area contributed by atoms with Crippen LogP contribution in [0, 0.1) is 0 Å². The van der Waals surface area contributed by atoms with E-state index in [2.05, 4.69) is 68.7 Å². The number of aromatic nitrogens is 3. The van der Waals surface area contributed by atoms with Crippen LogP contribution >= 0.6 is 0 Å². The molecule has 0 spiro atoms. The molecule has 4 rings (SSSR count). The summed E-state index contributed by atoms with van der Waals surface area (Å²) in [5.41, 5.74) is 4.71. The molecule has 1 saturated heterocycles. The zero-order chi connectivity index (χ0) is 17.8. The highest BCUT2D eigenvalue weighted by molar-refractivity contribution is 5.61. The summed E-state index contributed by atoms with van der Waals surface area (Å²) in [5, 5.41) is 11.0. The Morgan fingerprint density at radius 2 is 2.08 bits per heavy atom. The summed E-state index contributed by atoms with van der Waals surface area (Å²) in [4.78, 5) is 6.76. The molecule has 5 nitrogen and oxygen atoms in total. The van der Waals surface area contributed by atoms with E-state index in [1.807, 2.05) is 18.5 Å². The van der Waals surface area contributed by atoms with Gasteiger partial charge in [-0.05, 0) is 31.0 Å². The van der Waals surface area contributed by atoms with Gasteiger partial charge in [0, 0.05) is 55.2 Å². The van der Waals surface area contributed by atoms with E-state index in [0.29, 0.717) is 12.1 Å². The quantitative estimate of drug-likeness (QED) is 0.718. The number of rotatable bonds is 6. The first kappa shape index (κ1) is 16.9. The molecule has 1 aliphatic heterocycles. The minimum atomic E-state index is 0.461. The Kier molecular flexibility index (Phi) is 5.09. The fourth-order valence-corrected chi connectivity index (χ4v) is 3.71. The van der Waals surface area contributed by atoms with Crippen LogP contribution in [0.25, 0.3) is 11.3 Å². The molecule has 0 bridgehead atoms. The molecule has 5 heteroatoms. The van der Waals surface area contributed by atoms with E-state index in [9.17, 15) is 0 Å². The number of hydrogen-bond acceptors (Lipinski definition) is 4. The van der Waals surface area contributed by atoms with Crippen LogP contribution in [-0.4, -0.2) is 39.2 Å². The molecule has 2 aromatic heterocycles. The van der Waals surface area contributed by atoms with Gasteiger partial charge < -0.3 is 5.32 Å². The van der Waals surface area contributed by atoms with Crippen LogP contribution < -0.4 is 5.32 Å². The van der Waals surface area contributed by atoms with Gasteiger partial charge in [0.05, 0.1) is 11.9 Å². The molecule has 2 N–H and O–H groups in total. The summed E-state index contributed by atoms with van der Waals surface area (Å²) in [5.74, 6) is 0. The van der Waals surface area contributed by atoms with Crippen molar-refractivity contribution in [3.05, 3.63) is 72.2 Å². The molecule has 26 heavy (non-hydrogen) atoms. The molecule has 2 atom stereocenters. The molecule has 134 valence electrons. The fourth-order valence-electron chi connectivity index (χ4n) is 3.71. The van der Waals surface area contributed by atoms with Crippen LogP contribution in [0.3, 0.4) is 0 Å². The van der Waals surface area contributed by atoms with Crippen molar-refractivity contribution in [3.63, 3.8) is 0 Å². The van der Waals surface area contributed by atoms with E-state index < -0.39 is 0 Å². The lowest BCUT2D eigenvalue weighted by molar-refractivity contribution is 0.255. The number of pyridine rings is 1. The summed E-state index contributed by atoms with van der Waals surface area (Å²) >= 11 is 0. The number of likely N-dealkylation sites (tertiary alicyclic amines) is 1. The molecule has 1 fully saturated rings. The summed E-state index contributed by atoms with van der Waals surface area (Å²) in [6.07, 6.45) is 6.75. The topological polar surface area (TPSA) is 56.8 Å². The highest BCUT2D eigenvalue weighted by Crippen LogP contribution is 2.25. The molecule has 1 aliphatic rings. The predicted octanol–water partition coefficient (Wildman–Crippen LogP) is 3.40. The molecule has 0 radical (unpaired) electrons. The maximum Gasteiger partial charge on any atom is 0.0710 e. The summed E-state index contributed by atoms with van der Waals surface area (Å²) < 4.78 is 0. The van der Waals surface area contributed by atoms with Crippen LogP contribution in [0.2, 0.25) is 0 Å². The maximum absolute atomic E-state index is 4.22. The van der Waals surface area contributed by atoms with Crippen molar-refractivity contribution in [1.82, 2.24) is 25.4 Å². The largest absolute Gasteiger partial charge is 0.308 e. The second-order valence-electron chi connectivity index (χ2n) is 6.96. The molecule has 0 saturated carbocycles. The average molecular weight is 347 g/mol. The molecular weight excluding hydrogens is 322 g/mol. The predicted molar refractivity (Wildman–Crippen MR) is 103 cm³/mol. The van der Waals surface area contributed by atoms with E-state index in [4.69, 9.17) is 0 Å². The number of hydrogen-bond donors (Lipinski definition) is 2. The lowest BCUT2D eigenvalue weighted by atomic mass is 10.1. The first-order valence-corrected chi connectivity index (χ1v) is 9.26. The number of benzene rings is 1. The van der Waals surface area contributed by atoms with Gasteiger partial charge in [0.1, 0.15) is 0 Å². The minimum absolute atomic E-state index is 0.461. The van der Waals surface area contributed by atoms with Crippen molar-refractivity contribution in [2.45, 2.75) is 32.0 Å². The number of aromatic amines is 1. The third kappa shape index (κ3) is 3.69. The van der Waals surface area contributed by atoms with Gasteiger partial charge in [-0.25, -0.2) is 0 Å². The molecule has 3 heterocycles. The lowest BCUT2D eigenvalue weighted by Gasteiger charge is -2.25. The Balaban J connectivity index is 1.35. The van der Waals surface area contributed by atoms with Gasteiger partial charge in [0.2, 0.25) is 0 Å². The Bertz CT molecular complexity index is 815. The zero-order valence-electron chi connectivity index (χ0n) is 15.1. The molecular formula is C21H25N5. The van der Waals surface area contributed by atoms with Crippen LogP contribution in [0.4, 0.5) is 0 Å². The first-order chi connectivity index (χ1) is 12.8. The van der Waals surface area contributed by atoms with E-state index in [-0.39, 0.29) is 0 Å². The van der Waals surface area contributed by atoms with E-state index in [1.165, 1.54) is 17.5 Å². The van der Waals surface area contributed by atoms with Gasteiger partial charge in [-0.15, -0.1) is 0 Å². The van der Waals surface area contributed by atoms with Gasteiger partial charge >= 0.3 is 0 Å². The number of nitrogens with one attached hydrogen (secondary N) is 2. The minimum Gasteiger partial charge on any atom is -0.308 e. The van der Waals surface area contributed by atoms with Crippen LogP contribution in [-0.2, 0) is 6.54 Å². The first-order valence-electron chi connectivity index (χ1n) is 9.26. The fraction of sp³-hybridized carbons (Fsp3) is 0.333. The van der Waals surface area contributed by atoms with Crippen LogP contribution in [0.1, 0.15) is 30.5 Å². The molecule has 0 amide bonds. The zero-order valence-corrected chi connectivity index (χ0v) is 15.1. The maximum atomic E-state index is 4.22. The van der Waals surface area contributed by atoms with E-state index in [1.54, 1.807) is 6.20 Å². The summed E-state index contributed by atoms with van der Waals surface area (Å²) in [7, 11) is 0. The second kappa shape index (κ2) is 7.81. The molecule has 1 aromatic carbocycles. The van der Waals surface area contributed by atoms with Crippen molar-refractivity contribution in [2.75, 3.05) is 13.1 Å². The Morgan fingerprint density at radius 1 is 1.19 bits per heavy atom. The Morgan fingerprint density at radius 3 is 2.88 bits per heavy atom. The molecule has 0 aliphatic carbocycles. The SMILES string of the molecule is C[C@H](c1ccccc1)N1CC[C@H](NCc2cn[nH]c2-c2cccnc2)C1. The average Bonchev–Trinajstić information content (AvgIpc) is 3.36. The van der Waals surface area contributed by atoms with Crippen LogP contribution in [0.5, 0.6) is 0 Å². The third-order valence-corrected chi connectivity index (χ3v) is 5.30. The van der Waals surface area contributed by atoms with Crippen molar-refractivity contribution in [1.29, 1.82) is 0 Å². The second-order valence-corrected chi connectivity index (χ2v) is 6.96. The Labute approximate surface area is 154 Å². The van der Waals surface area contributed by atoms with Gasteiger partial charge in [0.25, 0.3) is 0 Å². The molecule has 3 aromatic rings. The van der Waals surface area contributed by atoms with E-state index >= 15 is 0 Å². The lowest BCUT2D eigenvalue weighted by Crippen LogP contribution is -2.33. The smallest absolute Gasteiger partial charge is 0.0710 e. The van der Waals surface area contributed by atoms with Gasteiger partial charge in [-0.1, -0.05) is 30.3 Å². The summed E-state index contributed by atoms with van der Waals surface area (Å²) in [6.45, 7) is 5.33. The van der Waals surface area contributed by atoms with Crippen molar-refractivity contribution in [2.24, 2.45) is 0 Å². The number of nitrogens with zero attached hydrogens (tertiary/aromatic N) is 3. The molecule has 0 unspecified atom stereocenters. The summed E-state index contributed by atoms with van der Waals surface area (Å²) in [6, 6.07) is 15.7. The number of H-pyrrole nitrogens is 1.